The number of aliphatic hydroxyl groups excluding tert-OH is 1. The lowest BCUT2D eigenvalue weighted by atomic mass is 10.1. The van der Waals surface area contributed by atoms with Gasteiger partial charge in [0.25, 0.3) is 6.43 Å². The quantitative estimate of drug-likeness (QED) is 0.705. The number of hydrogen-bond donors (Lipinski definition) is 3. The molecule has 1 aromatic carbocycles. The van der Waals surface area contributed by atoms with Crippen LogP contribution in [-0.2, 0) is 6.54 Å². The van der Waals surface area contributed by atoms with Crippen LogP contribution in [-0.4, -0.2) is 53.2 Å². The average molecular weight is 302 g/mol. The van der Waals surface area contributed by atoms with E-state index < -0.39 is 31.6 Å². The van der Waals surface area contributed by atoms with Gasteiger partial charge in [-0.3, -0.25) is 0 Å². The summed E-state index contributed by atoms with van der Waals surface area (Å²) in [5.41, 5.74) is 0.603. The Labute approximate surface area is 120 Å². The van der Waals surface area contributed by atoms with E-state index in [1.54, 1.807) is 6.07 Å². The van der Waals surface area contributed by atoms with Crippen molar-refractivity contribution in [1.82, 2.24) is 10.2 Å². The maximum Gasteiger partial charge on any atom is 0.335 e. The molecule has 0 fully saturated rings. The first-order valence-electron chi connectivity index (χ1n) is 6.18. The lowest BCUT2D eigenvalue weighted by Gasteiger charge is -2.21. The molecular weight excluding hydrogens is 286 g/mol. The van der Waals surface area contributed by atoms with Crippen LogP contribution in [0.15, 0.2) is 24.3 Å². The summed E-state index contributed by atoms with van der Waals surface area (Å²) in [6.07, 6.45) is -2.70. The van der Waals surface area contributed by atoms with Crippen molar-refractivity contribution in [2.75, 3.05) is 19.7 Å². The molecule has 0 radical (unpaired) electrons. The van der Waals surface area contributed by atoms with E-state index in [1.165, 1.54) is 18.2 Å². The van der Waals surface area contributed by atoms with Crippen LogP contribution in [0.3, 0.4) is 0 Å². The number of amides is 2. The largest absolute Gasteiger partial charge is 0.478 e. The van der Waals surface area contributed by atoms with E-state index >= 15 is 0 Å². The van der Waals surface area contributed by atoms with Gasteiger partial charge >= 0.3 is 12.0 Å². The number of aliphatic hydroxyl groups is 1. The maximum absolute atomic E-state index is 12.3. The average Bonchev–Trinajstić information content (AvgIpc) is 2.44. The van der Waals surface area contributed by atoms with E-state index in [4.69, 9.17) is 10.2 Å². The fraction of sp³-hybridized carbons (Fsp3) is 0.385. The summed E-state index contributed by atoms with van der Waals surface area (Å²) < 4.78 is 24.6. The first-order valence-corrected chi connectivity index (χ1v) is 6.18. The molecule has 0 aliphatic carbocycles. The van der Waals surface area contributed by atoms with E-state index in [2.05, 4.69) is 5.32 Å². The molecule has 0 aliphatic heterocycles. The van der Waals surface area contributed by atoms with Gasteiger partial charge in [-0.25, -0.2) is 18.4 Å². The van der Waals surface area contributed by atoms with Crippen molar-refractivity contribution in [2.45, 2.75) is 13.0 Å². The smallest absolute Gasteiger partial charge is 0.335 e. The molecule has 0 atom stereocenters. The van der Waals surface area contributed by atoms with E-state index in [9.17, 15) is 18.4 Å². The highest BCUT2D eigenvalue weighted by Gasteiger charge is 2.17. The number of alkyl halides is 2. The number of carboxylic acids is 1. The molecule has 6 nitrogen and oxygen atoms in total. The Morgan fingerprint density at radius 3 is 2.62 bits per heavy atom. The minimum atomic E-state index is -2.70. The van der Waals surface area contributed by atoms with Gasteiger partial charge < -0.3 is 20.4 Å². The zero-order chi connectivity index (χ0) is 15.8. The monoisotopic (exact) mass is 302 g/mol. The summed E-state index contributed by atoms with van der Waals surface area (Å²) in [5, 5.41) is 20.0. The van der Waals surface area contributed by atoms with Gasteiger partial charge in [0, 0.05) is 13.1 Å². The lowest BCUT2D eigenvalue weighted by molar-refractivity contribution is 0.0696. The second-order valence-corrected chi connectivity index (χ2v) is 4.22. The Morgan fingerprint density at radius 1 is 1.33 bits per heavy atom. The van der Waals surface area contributed by atoms with Crippen LogP contribution in [0.4, 0.5) is 13.6 Å². The third kappa shape index (κ3) is 5.74. The van der Waals surface area contributed by atoms with Gasteiger partial charge in [-0.15, -0.1) is 0 Å². The van der Waals surface area contributed by atoms with Crippen molar-refractivity contribution in [3.05, 3.63) is 35.4 Å². The lowest BCUT2D eigenvalue weighted by Crippen LogP contribution is -2.43. The van der Waals surface area contributed by atoms with Crippen molar-refractivity contribution in [3.63, 3.8) is 0 Å². The van der Waals surface area contributed by atoms with Crippen LogP contribution in [0.2, 0.25) is 0 Å². The van der Waals surface area contributed by atoms with Crippen molar-refractivity contribution in [3.8, 4) is 0 Å². The van der Waals surface area contributed by atoms with E-state index in [-0.39, 0.29) is 18.7 Å². The van der Waals surface area contributed by atoms with Gasteiger partial charge in [0.2, 0.25) is 0 Å². The number of benzene rings is 1. The maximum atomic E-state index is 12.3. The summed E-state index contributed by atoms with van der Waals surface area (Å²) in [6, 6.07) is 5.17. The topological polar surface area (TPSA) is 89.9 Å². The van der Waals surface area contributed by atoms with Crippen LogP contribution in [0, 0.1) is 0 Å². The molecule has 0 unspecified atom stereocenters. The molecule has 21 heavy (non-hydrogen) atoms. The van der Waals surface area contributed by atoms with Crippen molar-refractivity contribution in [1.29, 1.82) is 0 Å². The molecule has 0 saturated heterocycles. The van der Waals surface area contributed by atoms with Crippen LogP contribution < -0.4 is 5.32 Å². The number of rotatable bonds is 7. The van der Waals surface area contributed by atoms with Gasteiger partial charge in [0.05, 0.1) is 18.7 Å². The Morgan fingerprint density at radius 2 is 2.05 bits per heavy atom. The molecule has 2 amide bonds. The van der Waals surface area contributed by atoms with Gasteiger partial charge in [-0.2, -0.15) is 0 Å². The zero-order valence-corrected chi connectivity index (χ0v) is 11.1. The predicted molar refractivity (Wildman–Crippen MR) is 70.3 cm³/mol. The van der Waals surface area contributed by atoms with Crippen LogP contribution in [0.25, 0.3) is 0 Å². The van der Waals surface area contributed by atoms with Crippen molar-refractivity contribution >= 4 is 12.0 Å². The van der Waals surface area contributed by atoms with E-state index in [0.29, 0.717) is 5.56 Å². The highest BCUT2D eigenvalue weighted by atomic mass is 19.3. The summed E-state index contributed by atoms with van der Waals surface area (Å²) >= 11 is 0. The van der Waals surface area contributed by atoms with Crippen molar-refractivity contribution in [2.24, 2.45) is 0 Å². The molecule has 1 rings (SSSR count). The second-order valence-electron chi connectivity index (χ2n) is 4.22. The summed E-state index contributed by atoms with van der Waals surface area (Å²) in [7, 11) is 0. The fourth-order valence-corrected chi connectivity index (χ4v) is 1.67. The molecule has 0 spiro atoms. The SMILES string of the molecule is O=C(O)c1cccc(CNC(=O)N(CCO)CC(F)F)c1. The first kappa shape index (κ1) is 16.8. The number of carbonyl (C=O) groups excluding carboxylic acids is 1. The number of hydrogen-bond acceptors (Lipinski definition) is 3. The summed E-state index contributed by atoms with van der Waals surface area (Å²) in [4.78, 5) is 23.3. The highest BCUT2D eigenvalue weighted by Crippen LogP contribution is 2.06. The van der Waals surface area contributed by atoms with Crippen LogP contribution in [0.5, 0.6) is 0 Å². The molecule has 116 valence electrons. The summed E-state index contributed by atoms with van der Waals surface area (Å²) in [6.45, 7) is -1.40. The van der Waals surface area contributed by atoms with Gasteiger partial charge in [0.15, 0.2) is 0 Å². The molecule has 0 aromatic heterocycles. The Hall–Kier alpha value is -2.22. The molecule has 0 saturated carbocycles. The number of nitrogens with zero attached hydrogens (tertiary/aromatic N) is 1. The van der Waals surface area contributed by atoms with Gasteiger partial charge in [-0.05, 0) is 17.7 Å². The Kier molecular flexibility index (Phi) is 6.54. The minimum absolute atomic E-state index is 0.00508. The third-order valence-corrected chi connectivity index (χ3v) is 2.63. The number of aromatic carboxylic acids is 1. The number of urea groups is 1. The number of carboxylic acid groups (broad SMARTS) is 1. The van der Waals surface area contributed by atoms with Gasteiger partial charge in [-0.1, -0.05) is 12.1 Å². The van der Waals surface area contributed by atoms with Gasteiger partial charge in [0.1, 0.15) is 0 Å². The molecule has 0 bridgehead atoms. The number of nitrogens with one attached hydrogen (secondary N) is 1. The molecule has 0 heterocycles. The summed E-state index contributed by atoms with van der Waals surface area (Å²) in [5.74, 6) is -1.09. The molecule has 8 heteroatoms. The molecule has 0 aliphatic rings. The standard InChI is InChI=1S/C13H16F2N2O4/c14-11(15)8-17(4-5-18)13(21)16-7-9-2-1-3-10(6-9)12(19)20/h1-3,6,11,18H,4-5,7-8H2,(H,16,21)(H,19,20). The van der Waals surface area contributed by atoms with Crippen molar-refractivity contribution < 1.29 is 28.6 Å². The highest BCUT2D eigenvalue weighted by molar-refractivity contribution is 5.87. The second kappa shape index (κ2) is 8.15. The predicted octanol–water partition coefficient (Wildman–Crippen LogP) is 1.15. The minimum Gasteiger partial charge on any atom is -0.478 e. The number of halogens is 2. The number of carbonyl (C=O) groups is 2. The normalized spacial score (nSPS) is 10.5. The first-order chi connectivity index (χ1) is 9.93. The zero-order valence-electron chi connectivity index (χ0n) is 11.1. The molecule has 1 aromatic rings. The van der Waals surface area contributed by atoms with Crippen LogP contribution in [0.1, 0.15) is 15.9 Å². The molecule has 3 N–H and O–H groups in total. The Balaban J connectivity index is 2.61. The fourth-order valence-electron chi connectivity index (χ4n) is 1.67. The van der Waals surface area contributed by atoms with E-state index in [1.807, 2.05) is 0 Å². The Bertz CT molecular complexity index is 497. The third-order valence-electron chi connectivity index (χ3n) is 2.63. The molecular formula is C13H16F2N2O4. The van der Waals surface area contributed by atoms with Crippen LogP contribution >= 0.6 is 0 Å². The van der Waals surface area contributed by atoms with E-state index in [0.717, 1.165) is 4.90 Å².